The normalized spacial score (nSPS) is 19.2. The zero-order chi connectivity index (χ0) is 9.10. The van der Waals surface area contributed by atoms with Crippen molar-refractivity contribution in [3.63, 3.8) is 0 Å². The summed E-state index contributed by atoms with van der Waals surface area (Å²) in [4.78, 5) is 6.63. The molecule has 1 N–H and O–H groups in total. The van der Waals surface area contributed by atoms with E-state index in [0.717, 1.165) is 42.5 Å². The van der Waals surface area contributed by atoms with Crippen molar-refractivity contribution in [3.05, 3.63) is 9.74 Å². The zero-order valence-corrected chi connectivity index (χ0v) is 9.57. The van der Waals surface area contributed by atoms with Crippen LogP contribution in [-0.4, -0.2) is 40.4 Å². The Labute approximate surface area is 89.6 Å². The second kappa shape index (κ2) is 4.45. The minimum absolute atomic E-state index is 0.873. The SMILES string of the molecule is Brc1nc(CN2CCNCC2)ns1. The molecule has 72 valence electrons. The van der Waals surface area contributed by atoms with Gasteiger partial charge in [0, 0.05) is 26.2 Å². The average Bonchev–Trinajstić information content (AvgIpc) is 2.53. The molecule has 1 aliphatic rings. The van der Waals surface area contributed by atoms with Gasteiger partial charge in [-0.15, -0.1) is 0 Å². The van der Waals surface area contributed by atoms with Crippen molar-refractivity contribution in [2.45, 2.75) is 6.54 Å². The van der Waals surface area contributed by atoms with Crippen LogP contribution in [0.15, 0.2) is 3.92 Å². The van der Waals surface area contributed by atoms with Crippen LogP contribution in [0.1, 0.15) is 5.82 Å². The second-order valence-electron chi connectivity index (χ2n) is 2.99. The molecule has 1 fully saturated rings. The summed E-state index contributed by atoms with van der Waals surface area (Å²) >= 11 is 4.72. The first-order valence-corrected chi connectivity index (χ1v) is 5.82. The molecule has 0 atom stereocenters. The summed E-state index contributed by atoms with van der Waals surface area (Å²) in [7, 11) is 0. The van der Waals surface area contributed by atoms with E-state index in [1.54, 1.807) is 0 Å². The van der Waals surface area contributed by atoms with Crippen LogP contribution >= 0.6 is 27.5 Å². The molecule has 1 aliphatic heterocycles. The van der Waals surface area contributed by atoms with E-state index in [1.807, 2.05) is 0 Å². The lowest BCUT2D eigenvalue weighted by Crippen LogP contribution is -2.43. The number of rotatable bonds is 2. The molecule has 6 heteroatoms. The Balaban J connectivity index is 1.89. The Bertz CT molecular complexity index is 271. The monoisotopic (exact) mass is 262 g/mol. The lowest BCUT2D eigenvalue weighted by atomic mass is 10.3. The fourth-order valence-electron chi connectivity index (χ4n) is 1.37. The first-order valence-electron chi connectivity index (χ1n) is 4.26. The third kappa shape index (κ3) is 2.70. The molecule has 4 nitrogen and oxygen atoms in total. The predicted molar refractivity (Wildman–Crippen MR) is 55.8 cm³/mol. The lowest BCUT2D eigenvalue weighted by Gasteiger charge is -2.25. The first kappa shape index (κ1) is 9.51. The van der Waals surface area contributed by atoms with E-state index >= 15 is 0 Å². The van der Waals surface area contributed by atoms with Crippen molar-refractivity contribution in [3.8, 4) is 0 Å². The Morgan fingerprint density at radius 3 is 2.85 bits per heavy atom. The maximum atomic E-state index is 4.27. The van der Waals surface area contributed by atoms with E-state index in [9.17, 15) is 0 Å². The van der Waals surface area contributed by atoms with Crippen molar-refractivity contribution in [2.75, 3.05) is 26.2 Å². The van der Waals surface area contributed by atoms with Crippen molar-refractivity contribution >= 4 is 27.5 Å². The van der Waals surface area contributed by atoms with E-state index in [2.05, 4.69) is 35.5 Å². The summed E-state index contributed by atoms with van der Waals surface area (Å²) in [6.07, 6.45) is 0. The molecule has 0 unspecified atom stereocenters. The highest BCUT2D eigenvalue weighted by Gasteiger charge is 2.12. The molecule has 1 saturated heterocycles. The Kier molecular flexibility index (Phi) is 3.26. The third-order valence-electron chi connectivity index (χ3n) is 2.02. The Morgan fingerprint density at radius 2 is 2.23 bits per heavy atom. The van der Waals surface area contributed by atoms with Crippen molar-refractivity contribution in [2.24, 2.45) is 0 Å². The highest BCUT2D eigenvalue weighted by atomic mass is 79.9. The molecule has 1 aromatic rings. The molecule has 13 heavy (non-hydrogen) atoms. The molecule has 2 heterocycles. The molecule has 0 spiro atoms. The van der Waals surface area contributed by atoms with Gasteiger partial charge in [0.2, 0.25) is 0 Å². The number of hydrogen-bond acceptors (Lipinski definition) is 5. The second-order valence-corrected chi connectivity index (χ2v) is 5.02. The van der Waals surface area contributed by atoms with Gasteiger partial charge in [0.15, 0.2) is 9.74 Å². The molecule has 0 saturated carbocycles. The van der Waals surface area contributed by atoms with Gasteiger partial charge in [-0.2, -0.15) is 4.37 Å². The highest BCUT2D eigenvalue weighted by molar-refractivity contribution is 9.11. The number of nitrogens with one attached hydrogen (secondary N) is 1. The van der Waals surface area contributed by atoms with Crippen molar-refractivity contribution in [1.82, 2.24) is 19.6 Å². The minimum Gasteiger partial charge on any atom is -0.314 e. The van der Waals surface area contributed by atoms with Crippen LogP contribution in [0.2, 0.25) is 0 Å². The van der Waals surface area contributed by atoms with Crippen molar-refractivity contribution in [1.29, 1.82) is 0 Å². The molecule has 1 aromatic heterocycles. The van der Waals surface area contributed by atoms with E-state index in [-0.39, 0.29) is 0 Å². The number of nitrogens with zero attached hydrogens (tertiary/aromatic N) is 3. The van der Waals surface area contributed by atoms with Gasteiger partial charge in [0.1, 0.15) is 0 Å². The predicted octanol–water partition coefficient (Wildman–Crippen LogP) is 0.706. The van der Waals surface area contributed by atoms with Crippen LogP contribution in [0.5, 0.6) is 0 Å². The maximum absolute atomic E-state index is 4.27. The van der Waals surface area contributed by atoms with Gasteiger partial charge < -0.3 is 5.32 Å². The summed E-state index contributed by atoms with van der Waals surface area (Å²) in [6, 6.07) is 0. The van der Waals surface area contributed by atoms with Gasteiger partial charge >= 0.3 is 0 Å². The largest absolute Gasteiger partial charge is 0.314 e. The van der Waals surface area contributed by atoms with Gasteiger partial charge in [0.25, 0.3) is 0 Å². The van der Waals surface area contributed by atoms with Gasteiger partial charge in [-0.25, -0.2) is 4.98 Å². The Morgan fingerprint density at radius 1 is 1.46 bits per heavy atom. The van der Waals surface area contributed by atoms with Gasteiger partial charge in [0.05, 0.1) is 6.54 Å². The smallest absolute Gasteiger partial charge is 0.179 e. The Hall–Kier alpha value is -0.0400. The lowest BCUT2D eigenvalue weighted by molar-refractivity contribution is 0.228. The number of aromatic nitrogens is 2. The quantitative estimate of drug-likeness (QED) is 0.853. The third-order valence-corrected chi connectivity index (χ3v) is 3.17. The molecule has 0 bridgehead atoms. The molecular formula is C7H11BrN4S. The van der Waals surface area contributed by atoms with Crippen LogP contribution in [0.3, 0.4) is 0 Å². The topological polar surface area (TPSA) is 41.1 Å². The molecule has 0 radical (unpaired) electrons. The summed E-state index contributed by atoms with van der Waals surface area (Å²) < 4.78 is 5.10. The number of piperazine rings is 1. The van der Waals surface area contributed by atoms with E-state index in [4.69, 9.17) is 0 Å². The minimum atomic E-state index is 0.873. The number of hydrogen-bond donors (Lipinski definition) is 1. The van der Waals surface area contributed by atoms with Crippen LogP contribution in [0, 0.1) is 0 Å². The van der Waals surface area contributed by atoms with E-state index in [0.29, 0.717) is 0 Å². The highest BCUT2D eigenvalue weighted by Crippen LogP contribution is 2.13. The summed E-state index contributed by atoms with van der Waals surface area (Å²) in [6.45, 7) is 5.22. The molecule has 0 amide bonds. The van der Waals surface area contributed by atoms with E-state index < -0.39 is 0 Å². The molecule has 2 rings (SSSR count). The van der Waals surface area contributed by atoms with Crippen LogP contribution < -0.4 is 5.32 Å². The van der Waals surface area contributed by atoms with Gasteiger partial charge in [-0.1, -0.05) is 0 Å². The summed E-state index contributed by atoms with van der Waals surface area (Å²) in [5.41, 5.74) is 0. The summed E-state index contributed by atoms with van der Waals surface area (Å²) in [5.74, 6) is 0.929. The number of halogens is 1. The summed E-state index contributed by atoms with van der Waals surface area (Å²) in [5, 5.41) is 3.32. The van der Waals surface area contributed by atoms with Crippen LogP contribution in [-0.2, 0) is 6.54 Å². The zero-order valence-electron chi connectivity index (χ0n) is 7.16. The molecular weight excluding hydrogens is 252 g/mol. The average molecular weight is 263 g/mol. The van der Waals surface area contributed by atoms with E-state index in [1.165, 1.54) is 11.5 Å². The fourth-order valence-corrected chi connectivity index (χ4v) is 2.21. The fraction of sp³-hybridized carbons (Fsp3) is 0.714. The maximum Gasteiger partial charge on any atom is 0.179 e. The van der Waals surface area contributed by atoms with Crippen LogP contribution in [0.4, 0.5) is 0 Å². The molecule has 0 aliphatic carbocycles. The molecule has 0 aromatic carbocycles. The van der Waals surface area contributed by atoms with Crippen LogP contribution in [0.25, 0.3) is 0 Å². The van der Waals surface area contributed by atoms with Gasteiger partial charge in [-0.05, 0) is 27.5 Å². The van der Waals surface area contributed by atoms with Gasteiger partial charge in [-0.3, -0.25) is 4.90 Å². The standard InChI is InChI=1S/C7H11BrN4S/c8-7-10-6(11-13-7)5-12-3-1-9-2-4-12/h9H,1-5H2. The first-order chi connectivity index (χ1) is 6.34. The van der Waals surface area contributed by atoms with Crippen molar-refractivity contribution < 1.29 is 0 Å².